The van der Waals surface area contributed by atoms with Crippen LogP contribution < -0.4 is 0 Å². The summed E-state index contributed by atoms with van der Waals surface area (Å²) in [5, 5.41) is 0. The molecule has 0 aliphatic carbocycles. The minimum Gasteiger partial charge on any atom is -0.293 e. The smallest absolute Gasteiger partial charge is 0.174 e. The lowest BCUT2D eigenvalue weighted by atomic mass is 9.73. The Kier molecular flexibility index (Phi) is 6.54. The van der Waals surface area contributed by atoms with E-state index in [4.69, 9.17) is 0 Å². The van der Waals surface area contributed by atoms with E-state index in [1.54, 1.807) is 24.3 Å². The maximum atomic E-state index is 13.8. The van der Waals surface area contributed by atoms with Gasteiger partial charge in [-0.25, -0.2) is 0 Å². The van der Waals surface area contributed by atoms with E-state index in [0.29, 0.717) is 11.1 Å². The lowest BCUT2D eigenvalue weighted by Crippen LogP contribution is -2.31. The molecule has 0 amide bonds. The van der Waals surface area contributed by atoms with Gasteiger partial charge in [0, 0.05) is 21.5 Å². The topological polar surface area (TPSA) is 34.1 Å². The summed E-state index contributed by atoms with van der Waals surface area (Å²) < 4.78 is 0.887. The summed E-state index contributed by atoms with van der Waals surface area (Å²) in [6, 6.07) is 35.9. The molecular formula is C28H21BrO2. The summed E-state index contributed by atoms with van der Waals surface area (Å²) in [7, 11) is 0. The molecule has 4 aromatic carbocycles. The second kappa shape index (κ2) is 9.67. The third kappa shape index (κ3) is 4.73. The lowest BCUT2D eigenvalue weighted by molar-refractivity contribution is 0.0793. The van der Waals surface area contributed by atoms with Crippen molar-refractivity contribution in [2.24, 2.45) is 5.92 Å². The van der Waals surface area contributed by atoms with Gasteiger partial charge in [-0.15, -0.1) is 0 Å². The molecule has 0 aliphatic heterocycles. The molecule has 1 unspecified atom stereocenters. The van der Waals surface area contributed by atoms with Crippen LogP contribution in [0, 0.1) is 5.92 Å². The van der Waals surface area contributed by atoms with Crippen LogP contribution in [0.1, 0.15) is 37.8 Å². The van der Waals surface area contributed by atoms with Gasteiger partial charge in [0.25, 0.3) is 0 Å². The van der Waals surface area contributed by atoms with Crippen molar-refractivity contribution in [2.75, 3.05) is 0 Å². The molecule has 0 heterocycles. The zero-order valence-electron chi connectivity index (χ0n) is 16.8. The van der Waals surface area contributed by atoms with Crippen molar-refractivity contribution < 1.29 is 9.59 Å². The van der Waals surface area contributed by atoms with Gasteiger partial charge >= 0.3 is 0 Å². The Hall–Kier alpha value is -3.30. The molecule has 0 N–H and O–H groups in total. The molecule has 4 rings (SSSR count). The molecule has 152 valence electrons. The molecule has 2 nitrogen and oxygen atoms in total. The molecular weight excluding hydrogens is 448 g/mol. The number of rotatable bonds is 7. The summed E-state index contributed by atoms with van der Waals surface area (Å²) in [4.78, 5) is 27.6. The first-order valence-corrected chi connectivity index (χ1v) is 10.9. The van der Waals surface area contributed by atoms with Crippen LogP contribution in [0.4, 0.5) is 0 Å². The van der Waals surface area contributed by atoms with Gasteiger partial charge in [-0.05, 0) is 23.3 Å². The summed E-state index contributed by atoms with van der Waals surface area (Å²) in [6.45, 7) is 0. The Morgan fingerprint density at radius 2 is 0.903 bits per heavy atom. The first-order valence-electron chi connectivity index (χ1n) is 10.1. The quantitative estimate of drug-likeness (QED) is 0.217. The highest BCUT2D eigenvalue weighted by molar-refractivity contribution is 9.10. The van der Waals surface area contributed by atoms with Gasteiger partial charge in [0.1, 0.15) is 0 Å². The van der Waals surface area contributed by atoms with Gasteiger partial charge in [-0.1, -0.05) is 119 Å². The van der Waals surface area contributed by atoms with E-state index in [1.807, 2.05) is 91.0 Å². The minimum atomic E-state index is -0.881. The second-order valence-corrected chi connectivity index (χ2v) is 8.29. The number of Topliss-reactive ketones (excluding diaryl/α,β-unsaturated/α-hetero) is 2. The normalized spacial score (nSPS) is 11.8. The fraction of sp³-hybridized carbons (Fsp3) is 0.0714. The zero-order valence-corrected chi connectivity index (χ0v) is 18.4. The molecule has 0 spiro atoms. The van der Waals surface area contributed by atoms with Crippen molar-refractivity contribution >= 4 is 27.5 Å². The number of hydrogen-bond donors (Lipinski definition) is 0. The van der Waals surface area contributed by atoms with Crippen LogP contribution >= 0.6 is 15.9 Å². The summed E-state index contributed by atoms with van der Waals surface area (Å²) in [5.74, 6) is -1.63. The zero-order chi connectivity index (χ0) is 21.6. The maximum Gasteiger partial charge on any atom is 0.174 e. The van der Waals surface area contributed by atoms with Gasteiger partial charge in [0.15, 0.2) is 11.6 Å². The molecule has 31 heavy (non-hydrogen) atoms. The molecule has 0 saturated heterocycles. The van der Waals surface area contributed by atoms with Crippen LogP contribution in [-0.4, -0.2) is 11.6 Å². The van der Waals surface area contributed by atoms with Crippen LogP contribution in [0.25, 0.3) is 0 Å². The average Bonchev–Trinajstić information content (AvgIpc) is 2.84. The fourth-order valence-electron chi connectivity index (χ4n) is 3.90. The van der Waals surface area contributed by atoms with Crippen LogP contribution in [-0.2, 0) is 0 Å². The van der Waals surface area contributed by atoms with E-state index in [2.05, 4.69) is 15.9 Å². The molecule has 1 atom stereocenters. The van der Waals surface area contributed by atoms with Crippen molar-refractivity contribution in [3.63, 3.8) is 0 Å². The monoisotopic (exact) mass is 468 g/mol. The molecule has 0 bridgehead atoms. The van der Waals surface area contributed by atoms with Gasteiger partial charge in [-0.2, -0.15) is 0 Å². The van der Waals surface area contributed by atoms with Gasteiger partial charge in [-0.3, -0.25) is 9.59 Å². The predicted molar refractivity (Wildman–Crippen MR) is 127 cm³/mol. The molecule has 4 aromatic rings. The maximum absolute atomic E-state index is 13.8. The van der Waals surface area contributed by atoms with Crippen molar-refractivity contribution in [1.29, 1.82) is 0 Å². The standard InChI is InChI=1S/C28H21BrO2/c29-24-18-16-23(17-19-24)28(31)26(27(30)22-14-8-3-9-15-22)25(20-10-4-1-5-11-20)21-12-6-2-7-13-21/h1-19,25-26H. The van der Waals surface area contributed by atoms with Crippen molar-refractivity contribution in [1.82, 2.24) is 0 Å². The second-order valence-electron chi connectivity index (χ2n) is 7.38. The van der Waals surface area contributed by atoms with Crippen molar-refractivity contribution in [3.05, 3.63) is 142 Å². The molecule has 0 fully saturated rings. The predicted octanol–water partition coefficient (Wildman–Crippen LogP) is 6.96. The molecule has 0 aliphatic rings. The number of ketones is 2. The van der Waals surface area contributed by atoms with Crippen molar-refractivity contribution in [2.45, 2.75) is 5.92 Å². The molecule has 3 heteroatoms. The number of carbonyl (C=O) groups excluding carboxylic acids is 2. The van der Waals surface area contributed by atoms with E-state index >= 15 is 0 Å². The number of hydrogen-bond acceptors (Lipinski definition) is 2. The summed E-state index contributed by atoms with van der Waals surface area (Å²) in [5.41, 5.74) is 2.94. The highest BCUT2D eigenvalue weighted by Gasteiger charge is 2.37. The van der Waals surface area contributed by atoms with E-state index in [-0.39, 0.29) is 11.6 Å². The highest BCUT2D eigenvalue weighted by atomic mass is 79.9. The number of carbonyl (C=O) groups is 2. The highest BCUT2D eigenvalue weighted by Crippen LogP contribution is 2.36. The number of halogens is 1. The number of benzene rings is 4. The van der Waals surface area contributed by atoms with Gasteiger partial charge in [0.2, 0.25) is 0 Å². The summed E-state index contributed by atoms with van der Waals surface area (Å²) >= 11 is 3.42. The van der Waals surface area contributed by atoms with Crippen LogP contribution in [0.2, 0.25) is 0 Å². The fourth-order valence-corrected chi connectivity index (χ4v) is 4.16. The Bertz CT molecular complexity index is 1110. The minimum absolute atomic E-state index is 0.175. The molecule has 0 radical (unpaired) electrons. The van der Waals surface area contributed by atoms with E-state index in [0.717, 1.165) is 15.6 Å². The largest absolute Gasteiger partial charge is 0.293 e. The van der Waals surface area contributed by atoms with Crippen LogP contribution in [0.15, 0.2) is 120 Å². The average molecular weight is 469 g/mol. The van der Waals surface area contributed by atoms with Crippen molar-refractivity contribution in [3.8, 4) is 0 Å². The van der Waals surface area contributed by atoms with E-state index < -0.39 is 11.8 Å². The SMILES string of the molecule is O=C(c1ccccc1)C(C(=O)c1ccc(Br)cc1)C(c1ccccc1)c1ccccc1. The van der Waals surface area contributed by atoms with Crippen LogP contribution in [0.5, 0.6) is 0 Å². The van der Waals surface area contributed by atoms with Gasteiger partial charge < -0.3 is 0 Å². The third-order valence-electron chi connectivity index (χ3n) is 5.40. The Morgan fingerprint density at radius 3 is 1.35 bits per heavy atom. The molecule has 0 saturated carbocycles. The van der Waals surface area contributed by atoms with Crippen LogP contribution in [0.3, 0.4) is 0 Å². The Morgan fingerprint density at radius 1 is 0.516 bits per heavy atom. The van der Waals surface area contributed by atoms with Gasteiger partial charge in [0.05, 0.1) is 5.92 Å². The van der Waals surface area contributed by atoms with E-state index in [9.17, 15) is 9.59 Å². The Balaban J connectivity index is 1.89. The third-order valence-corrected chi connectivity index (χ3v) is 5.93. The molecule has 0 aromatic heterocycles. The van der Waals surface area contributed by atoms with E-state index in [1.165, 1.54) is 0 Å². The lowest BCUT2D eigenvalue weighted by Gasteiger charge is -2.26. The first kappa shape index (κ1) is 21.0. The first-order chi connectivity index (χ1) is 15.1. The summed E-state index contributed by atoms with van der Waals surface area (Å²) in [6.07, 6.45) is 0. The Labute approximate surface area is 190 Å².